The largest absolute Gasteiger partial charge is 0.393 e. The van der Waals surface area contributed by atoms with E-state index < -0.39 is 12.7 Å². The second-order valence-electron chi connectivity index (χ2n) is 2.40. The fourth-order valence-electron chi connectivity index (χ4n) is 0.577. The fourth-order valence-corrected chi connectivity index (χ4v) is 0.577. The quantitative estimate of drug-likeness (QED) is 0.298. The van der Waals surface area contributed by atoms with Crippen LogP contribution in [-0.4, -0.2) is 29.2 Å². The molecule has 0 saturated heterocycles. The van der Waals surface area contributed by atoms with Gasteiger partial charge < -0.3 is 20.4 Å². The zero-order valence-corrected chi connectivity index (χ0v) is 7.63. The molecule has 0 radical (unpaired) electrons. The summed E-state index contributed by atoms with van der Waals surface area (Å²) >= 11 is 0. The van der Waals surface area contributed by atoms with Crippen molar-refractivity contribution in [3.63, 3.8) is 0 Å². The Morgan fingerprint density at radius 1 is 1.43 bits per heavy atom. The van der Waals surface area contributed by atoms with E-state index in [1.165, 1.54) is 0 Å². The highest BCUT2D eigenvalue weighted by atomic mass is 16.3. The zero-order valence-electron chi connectivity index (χ0n) is 7.63. The third kappa shape index (κ3) is 6.13. The molecule has 0 aliphatic carbocycles. The molecule has 1 atom stereocenters. The number of anilines is 1. The van der Waals surface area contributed by atoms with Gasteiger partial charge in [0.05, 0.1) is 6.61 Å². The molecule has 78 valence electrons. The summed E-state index contributed by atoms with van der Waals surface area (Å²) in [6.07, 6.45) is -0.912. The normalized spacial score (nSPS) is 10.8. The molecule has 0 spiro atoms. The van der Waals surface area contributed by atoms with Gasteiger partial charge in [0.1, 0.15) is 6.10 Å². The molecule has 0 saturated carbocycles. The maximum absolute atomic E-state index is 9.33. The summed E-state index contributed by atoms with van der Waals surface area (Å²) in [5.74, 6) is 5.10. The number of nitrogen functional groups attached to an aromatic ring is 1. The van der Waals surface area contributed by atoms with Gasteiger partial charge in [-0.25, -0.2) is 0 Å². The van der Waals surface area contributed by atoms with Crippen molar-refractivity contribution < 1.29 is 15.0 Å². The molecule has 0 heterocycles. The number of hydrogen-bond donors (Lipinski definition) is 4. The first-order chi connectivity index (χ1) is 6.74. The van der Waals surface area contributed by atoms with Crippen molar-refractivity contribution >= 4 is 12.0 Å². The highest BCUT2D eigenvalue weighted by Crippen LogP contribution is 2.00. The molecule has 0 aromatic heterocycles. The maximum atomic E-state index is 9.33. The summed E-state index contributed by atoms with van der Waals surface area (Å²) < 4.78 is 0. The molecular formula is C9H14N2O3. The summed E-state index contributed by atoms with van der Waals surface area (Å²) in [4.78, 5) is 9.33. The average molecular weight is 198 g/mol. The number of nitrogens with two attached hydrogens (primary N) is 1. The van der Waals surface area contributed by atoms with Crippen LogP contribution in [0, 0.1) is 0 Å². The van der Waals surface area contributed by atoms with E-state index in [0.29, 0.717) is 0 Å². The highest BCUT2D eigenvalue weighted by molar-refractivity contribution is 5.55. The van der Waals surface area contributed by atoms with Crippen LogP contribution < -0.4 is 11.3 Å². The van der Waals surface area contributed by atoms with Gasteiger partial charge >= 0.3 is 0 Å². The highest BCUT2D eigenvalue weighted by Gasteiger charge is 1.92. The van der Waals surface area contributed by atoms with Crippen LogP contribution in [-0.2, 0) is 4.79 Å². The second-order valence-corrected chi connectivity index (χ2v) is 2.40. The lowest BCUT2D eigenvalue weighted by Gasteiger charge is -1.94. The zero-order chi connectivity index (χ0) is 10.8. The second kappa shape index (κ2) is 8.18. The van der Waals surface area contributed by atoms with Crippen molar-refractivity contribution in [2.75, 3.05) is 12.0 Å². The summed E-state index contributed by atoms with van der Waals surface area (Å²) in [6, 6.07) is 9.60. The standard InChI is InChI=1S/C6H8N2.C3H6O3/c7-8-6-4-2-1-3-5-6;4-1-3(6)2-5/h1-5,8H,7H2;1,3,5-6H,2H2. The van der Waals surface area contributed by atoms with Gasteiger partial charge in [-0.1, -0.05) is 18.2 Å². The van der Waals surface area contributed by atoms with E-state index in [2.05, 4.69) is 5.43 Å². The Balaban J connectivity index is 0.000000255. The molecule has 5 N–H and O–H groups in total. The smallest absolute Gasteiger partial charge is 0.150 e. The van der Waals surface area contributed by atoms with Crippen molar-refractivity contribution in [2.45, 2.75) is 6.10 Å². The molecular weight excluding hydrogens is 184 g/mol. The molecule has 1 aromatic rings. The molecule has 0 fully saturated rings. The number of benzene rings is 1. The molecule has 0 aliphatic heterocycles. The number of hydrazine groups is 1. The third-order valence-electron chi connectivity index (χ3n) is 1.28. The minimum Gasteiger partial charge on any atom is -0.393 e. The first-order valence-electron chi connectivity index (χ1n) is 4.00. The Hall–Kier alpha value is -1.43. The molecule has 0 amide bonds. The molecule has 1 unspecified atom stereocenters. The van der Waals surface area contributed by atoms with Crippen molar-refractivity contribution in [2.24, 2.45) is 5.84 Å². The van der Waals surface area contributed by atoms with Gasteiger partial charge in [0.2, 0.25) is 0 Å². The van der Waals surface area contributed by atoms with E-state index in [-0.39, 0.29) is 6.29 Å². The number of hydrogen-bond acceptors (Lipinski definition) is 5. The molecule has 1 aromatic carbocycles. The van der Waals surface area contributed by atoms with Crippen molar-refractivity contribution in [1.29, 1.82) is 0 Å². The van der Waals surface area contributed by atoms with Crippen LogP contribution in [0.3, 0.4) is 0 Å². The molecule has 0 bridgehead atoms. The van der Waals surface area contributed by atoms with E-state index in [0.717, 1.165) is 5.69 Å². The van der Waals surface area contributed by atoms with Gasteiger partial charge in [-0.2, -0.15) is 0 Å². The van der Waals surface area contributed by atoms with Crippen molar-refractivity contribution in [3.8, 4) is 0 Å². The van der Waals surface area contributed by atoms with Crippen molar-refractivity contribution in [3.05, 3.63) is 30.3 Å². The number of carbonyl (C=O) groups is 1. The first-order valence-corrected chi connectivity index (χ1v) is 4.00. The summed E-state index contributed by atoms with van der Waals surface area (Å²) in [6.45, 7) is -0.483. The Bertz CT molecular complexity index is 241. The lowest BCUT2D eigenvalue weighted by Crippen LogP contribution is -2.12. The topological polar surface area (TPSA) is 95.6 Å². The van der Waals surface area contributed by atoms with E-state index in [1.807, 2.05) is 30.3 Å². The van der Waals surface area contributed by atoms with Gasteiger partial charge in [-0.15, -0.1) is 0 Å². The third-order valence-corrected chi connectivity index (χ3v) is 1.28. The summed E-state index contributed by atoms with van der Waals surface area (Å²) in [5, 5.41) is 15.9. The van der Waals surface area contributed by atoms with E-state index in [4.69, 9.17) is 16.1 Å². The summed E-state index contributed by atoms with van der Waals surface area (Å²) in [7, 11) is 0. The number of rotatable bonds is 3. The molecule has 0 aliphatic rings. The number of aldehydes is 1. The van der Waals surface area contributed by atoms with Crippen LogP contribution in [0.1, 0.15) is 0 Å². The molecule has 5 heteroatoms. The van der Waals surface area contributed by atoms with Crippen LogP contribution in [0.2, 0.25) is 0 Å². The lowest BCUT2D eigenvalue weighted by molar-refractivity contribution is -0.116. The minimum atomic E-state index is -1.19. The number of aliphatic hydroxyl groups excluding tert-OH is 2. The van der Waals surface area contributed by atoms with E-state index in [1.54, 1.807) is 0 Å². The number of nitrogens with one attached hydrogen (secondary N) is 1. The van der Waals surface area contributed by atoms with Gasteiger partial charge in [-0.3, -0.25) is 5.84 Å². The fraction of sp³-hybridized carbons (Fsp3) is 0.222. The van der Waals surface area contributed by atoms with E-state index in [9.17, 15) is 4.79 Å². The number of para-hydroxylation sites is 1. The monoisotopic (exact) mass is 198 g/mol. The van der Waals surface area contributed by atoms with Gasteiger partial charge in [0.25, 0.3) is 0 Å². The van der Waals surface area contributed by atoms with Crippen LogP contribution in [0.25, 0.3) is 0 Å². The predicted octanol–water partition coefficient (Wildman–Crippen LogP) is -0.489. The molecule has 1 rings (SSSR count). The molecule has 14 heavy (non-hydrogen) atoms. The maximum Gasteiger partial charge on any atom is 0.150 e. The Morgan fingerprint density at radius 2 is 2.00 bits per heavy atom. The van der Waals surface area contributed by atoms with Crippen LogP contribution in [0.4, 0.5) is 5.69 Å². The number of aliphatic hydroxyl groups is 2. The minimum absolute atomic E-state index is 0.278. The van der Waals surface area contributed by atoms with Gasteiger partial charge in [0, 0.05) is 5.69 Å². The number of carbonyl (C=O) groups excluding carboxylic acids is 1. The predicted molar refractivity (Wildman–Crippen MR) is 53.4 cm³/mol. The molecule has 5 nitrogen and oxygen atoms in total. The van der Waals surface area contributed by atoms with Crippen molar-refractivity contribution in [1.82, 2.24) is 0 Å². The van der Waals surface area contributed by atoms with Crippen LogP contribution >= 0.6 is 0 Å². The lowest BCUT2D eigenvalue weighted by atomic mass is 10.3. The van der Waals surface area contributed by atoms with Crippen LogP contribution in [0.5, 0.6) is 0 Å². The summed E-state index contributed by atoms with van der Waals surface area (Å²) in [5.41, 5.74) is 3.46. The average Bonchev–Trinajstić information content (AvgIpc) is 2.30. The van der Waals surface area contributed by atoms with Crippen LogP contribution in [0.15, 0.2) is 30.3 Å². The Morgan fingerprint density at radius 3 is 2.21 bits per heavy atom. The first kappa shape index (κ1) is 12.6. The Kier molecular flexibility index (Phi) is 7.35. The van der Waals surface area contributed by atoms with E-state index >= 15 is 0 Å². The SMILES string of the molecule is NNc1ccccc1.O=CC(O)CO. The van der Waals surface area contributed by atoms with Gasteiger partial charge in [-0.05, 0) is 12.1 Å². The van der Waals surface area contributed by atoms with Gasteiger partial charge in [0.15, 0.2) is 6.29 Å². The Labute approximate surface area is 82.1 Å².